The first kappa shape index (κ1) is 41.9. The first-order chi connectivity index (χ1) is 33.9. The van der Waals surface area contributed by atoms with Crippen molar-refractivity contribution < 1.29 is 0 Å². The minimum atomic E-state index is -0.134. The number of hydrogen-bond acceptors (Lipinski definition) is 3. The Bertz CT molecular complexity index is 3780. The summed E-state index contributed by atoms with van der Waals surface area (Å²) < 4.78 is 2.29. The Morgan fingerprint density at radius 2 is 0.870 bits per heavy atom. The summed E-state index contributed by atoms with van der Waals surface area (Å²) in [5.41, 5.74) is 16.0. The summed E-state index contributed by atoms with van der Waals surface area (Å²) in [6.07, 6.45) is 1.25. The summed E-state index contributed by atoms with van der Waals surface area (Å²) in [5, 5.41) is 7.17. The van der Waals surface area contributed by atoms with Gasteiger partial charge in [0, 0.05) is 32.9 Å². The number of para-hydroxylation sites is 1. The lowest BCUT2D eigenvalue weighted by Gasteiger charge is -2.21. The molecule has 69 heavy (non-hydrogen) atoms. The van der Waals surface area contributed by atoms with Gasteiger partial charge >= 0.3 is 0 Å². The van der Waals surface area contributed by atoms with Gasteiger partial charge < -0.3 is 0 Å². The molecule has 0 unspecified atom stereocenters. The van der Waals surface area contributed by atoms with E-state index < -0.39 is 0 Å². The van der Waals surface area contributed by atoms with Crippen LogP contribution in [0.4, 0.5) is 0 Å². The molecule has 2 heterocycles. The quantitative estimate of drug-likeness (QED) is 0.167. The van der Waals surface area contributed by atoms with Crippen LogP contribution in [-0.4, -0.2) is 19.5 Å². The molecular formula is C65H50N4. The third kappa shape index (κ3) is 7.19. The van der Waals surface area contributed by atoms with Gasteiger partial charge in [0.25, 0.3) is 0 Å². The smallest absolute Gasteiger partial charge is 0.238 e. The predicted octanol–water partition coefficient (Wildman–Crippen LogP) is 17.3. The average Bonchev–Trinajstić information content (AvgIpc) is 3.85. The lowest BCUT2D eigenvalue weighted by molar-refractivity contribution is 0.661. The van der Waals surface area contributed by atoms with Crippen LogP contribution in [0.1, 0.15) is 45.2 Å². The Hall–Kier alpha value is -8.47. The van der Waals surface area contributed by atoms with Gasteiger partial charge in [0.05, 0.1) is 11.0 Å². The zero-order valence-electron chi connectivity index (χ0n) is 39.3. The van der Waals surface area contributed by atoms with E-state index in [1.807, 2.05) is 12.1 Å². The predicted molar refractivity (Wildman–Crippen MR) is 290 cm³/mol. The van der Waals surface area contributed by atoms with Crippen LogP contribution in [0, 0.1) is 0 Å². The summed E-state index contributed by atoms with van der Waals surface area (Å²) in [7, 11) is 0. The Morgan fingerprint density at radius 1 is 0.377 bits per heavy atom. The Balaban J connectivity index is 0.00000160. The molecule has 0 aliphatic heterocycles. The van der Waals surface area contributed by atoms with Gasteiger partial charge in [0.15, 0.2) is 11.6 Å². The van der Waals surface area contributed by atoms with E-state index >= 15 is 0 Å². The van der Waals surface area contributed by atoms with Crippen molar-refractivity contribution in [3.8, 4) is 73.2 Å². The summed E-state index contributed by atoms with van der Waals surface area (Å²) in [6, 6.07) is 78.5. The fourth-order valence-electron chi connectivity index (χ4n) is 10.5. The molecule has 1 aliphatic carbocycles. The van der Waals surface area contributed by atoms with Gasteiger partial charge in [0.1, 0.15) is 0 Å². The minimum Gasteiger partial charge on any atom is -0.277 e. The van der Waals surface area contributed by atoms with Crippen LogP contribution in [0.5, 0.6) is 0 Å². The zero-order chi connectivity index (χ0) is 46.6. The van der Waals surface area contributed by atoms with Gasteiger partial charge in [-0.1, -0.05) is 234 Å². The normalized spacial score (nSPS) is 12.5. The zero-order valence-corrected chi connectivity index (χ0v) is 39.3. The van der Waals surface area contributed by atoms with Crippen molar-refractivity contribution in [1.82, 2.24) is 19.5 Å². The van der Waals surface area contributed by atoms with Crippen molar-refractivity contribution in [3.63, 3.8) is 0 Å². The lowest BCUT2D eigenvalue weighted by Crippen LogP contribution is -2.14. The molecule has 10 aromatic carbocycles. The maximum atomic E-state index is 5.44. The van der Waals surface area contributed by atoms with Crippen LogP contribution in [-0.2, 0) is 5.41 Å². The van der Waals surface area contributed by atoms with E-state index in [9.17, 15) is 0 Å². The molecule has 0 N–H and O–H groups in total. The molecule has 0 atom stereocenters. The van der Waals surface area contributed by atoms with Crippen LogP contribution in [0.3, 0.4) is 0 Å². The summed E-state index contributed by atoms with van der Waals surface area (Å²) >= 11 is 0. The number of nitrogens with zero attached hydrogens (tertiary/aromatic N) is 4. The van der Waals surface area contributed by atoms with Gasteiger partial charge in [-0.25, -0.2) is 4.98 Å². The third-order valence-corrected chi connectivity index (χ3v) is 13.9. The van der Waals surface area contributed by atoms with Crippen LogP contribution >= 0.6 is 0 Å². The monoisotopic (exact) mass is 886 g/mol. The summed E-state index contributed by atoms with van der Waals surface area (Å²) in [4.78, 5) is 16.1. The van der Waals surface area contributed by atoms with Crippen LogP contribution in [0.2, 0.25) is 0 Å². The third-order valence-electron chi connectivity index (χ3n) is 13.9. The van der Waals surface area contributed by atoms with Crippen LogP contribution < -0.4 is 0 Å². The minimum absolute atomic E-state index is 0.134. The molecule has 4 nitrogen and oxygen atoms in total. The number of aromatic nitrogens is 4. The number of hydrogen-bond donors (Lipinski definition) is 0. The topological polar surface area (TPSA) is 43.6 Å². The molecule has 0 radical (unpaired) electrons. The molecule has 13 rings (SSSR count). The van der Waals surface area contributed by atoms with E-state index in [-0.39, 0.29) is 5.41 Å². The highest BCUT2D eigenvalue weighted by molar-refractivity contribution is 6.17. The molecule has 330 valence electrons. The van der Waals surface area contributed by atoms with Gasteiger partial charge in [0.2, 0.25) is 5.95 Å². The lowest BCUT2D eigenvalue weighted by atomic mass is 9.82. The molecule has 0 fully saturated rings. The summed E-state index contributed by atoms with van der Waals surface area (Å²) in [6.45, 7) is 8.96. The van der Waals surface area contributed by atoms with Crippen molar-refractivity contribution in [3.05, 3.63) is 230 Å². The Kier molecular flexibility index (Phi) is 10.3. The maximum absolute atomic E-state index is 5.44. The summed E-state index contributed by atoms with van der Waals surface area (Å²) in [5.74, 6) is 1.78. The molecule has 0 saturated carbocycles. The van der Waals surface area contributed by atoms with Crippen LogP contribution in [0.15, 0.2) is 218 Å². The number of benzene rings is 10. The molecule has 12 aromatic rings. The second kappa shape index (κ2) is 17.0. The molecule has 2 aromatic heterocycles. The molecule has 0 saturated heterocycles. The fourth-order valence-corrected chi connectivity index (χ4v) is 10.5. The Morgan fingerprint density at radius 3 is 1.49 bits per heavy atom. The van der Waals surface area contributed by atoms with Gasteiger partial charge in [-0.2, -0.15) is 9.97 Å². The second-order valence-electron chi connectivity index (χ2n) is 18.7. The molecule has 0 amide bonds. The average molecular weight is 887 g/mol. The maximum Gasteiger partial charge on any atom is 0.238 e. The first-order valence-electron chi connectivity index (χ1n) is 24.1. The van der Waals surface area contributed by atoms with Gasteiger partial charge in [-0.15, -0.1) is 0 Å². The van der Waals surface area contributed by atoms with E-state index in [2.05, 4.69) is 239 Å². The number of rotatable bonds is 6. The van der Waals surface area contributed by atoms with Crippen molar-refractivity contribution in [2.45, 2.75) is 39.5 Å². The van der Waals surface area contributed by atoms with Gasteiger partial charge in [-0.05, 0) is 89.8 Å². The Labute approximate surface area is 403 Å². The molecular weight excluding hydrogens is 837 g/mol. The van der Waals surface area contributed by atoms with Crippen LogP contribution in [0.25, 0.3) is 117 Å². The van der Waals surface area contributed by atoms with Crippen molar-refractivity contribution >= 4 is 43.4 Å². The van der Waals surface area contributed by atoms with E-state index in [1.165, 1.54) is 44.8 Å². The number of fused-ring (bicyclic) bond motifs is 9. The highest BCUT2D eigenvalue weighted by Crippen LogP contribution is 2.52. The molecule has 1 aliphatic rings. The fraction of sp³-hybridized carbons (Fsp3) is 0.0923. The van der Waals surface area contributed by atoms with E-state index in [0.29, 0.717) is 17.6 Å². The van der Waals surface area contributed by atoms with Crippen molar-refractivity contribution in [2.24, 2.45) is 0 Å². The molecule has 4 heteroatoms. The highest BCUT2D eigenvalue weighted by atomic mass is 15.2. The largest absolute Gasteiger partial charge is 0.277 e. The van der Waals surface area contributed by atoms with E-state index in [1.54, 1.807) is 0 Å². The van der Waals surface area contributed by atoms with Gasteiger partial charge in [-0.3, -0.25) is 4.57 Å². The highest BCUT2D eigenvalue weighted by Gasteiger charge is 2.36. The van der Waals surface area contributed by atoms with Crippen molar-refractivity contribution in [2.75, 3.05) is 0 Å². The van der Waals surface area contributed by atoms with E-state index in [0.717, 1.165) is 71.7 Å². The molecule has 0 spiro atoms. The standard InChI is InChI=1S/C62H42N4.C3H8/c1-62(2)54-34-33-48(37-53(54)57-49-21-12-11-18-43(49)32-35-55(57)62)50-22-13-23-51-52-36-46-19-9-10-20-47(46)38-56(52)66(58(50)51)61-64-59(44-28-24-41(25-29-44)39-14-5-3-6-15-39)63-60(65-61)45-30-26-42(27-31-45)40-16-7-4-8-17-40;1-3-2/h3-38H,1-2H3;3H2,1-2H3. The first-order valence-corrected chi connectivity index (χ1v) is 24.1. The molecule has 0 bridgehead atoms. The SMILES string of the molecule is CC1(C)c2ccc(-c3cccc4c5cc6ccccc6cc5n(-c5nc(-c6ccc(-c7ccccc7)cc6)nc(-c6ccc(-c7ccccc7)cc6)n5)c34)cc2-c2c1ccc1ccccc21.CCC. The van der Waals surface area contributed by atoms with E-state index in [4.69, 9.17) is 15.0 Å². The second-order valence-corrected chi connectivity index (χ2v) is 18.7. The van der Waals surface area contributed by atoms with Crippen molar-refractivity contribution in [1.29, 1.82) is 0 Å².